The quantitative estimate of drug-likeness (QED) is 0.384. The highest BCUT2D eigenvalue weighted by molar-refractivity contribution is 6.01. The first kappa shape index (κ1) is 20.2. The Morgan fingerprint density at radius 1 is 1.09 bits per heavy atom. The van der Waals surface area contributed by atoms with Gasteiger partial charge < -0.3 is 14.6 Å². The Kier molecular flexibility index (Phi) is 4.67. The van der Waals surface area contributed by atoms with Crippen LogP contribution in [0.3, 0.4) is 0 Å². The van der Waals surface area contributed by atoms with Crippen molar-refractivity contribution in [2.45, 2.75) is 6.92 Å². The molecule has 9 heteroatoms. The first-order valence-corrected chi connectivity index (χ1v) is 11.1. The lowest BCUT2D eigenvalue weighted by atomic mass is 9.93. The SMILES string of the molecule is Cc1[nH]nc2nc(-c3ccc4[nH]c(=O)oc4c3)c(C#N)c(-c3ccc(N4CCNCC4)cc3)c12. The summed E-state index contributed by atoms with van der Waals surface area (Å²) in [4.78, 5) is 21.3. The van der Waals surface area contributed by atoms with E-state index >= 15 is 0 Å². The van der Waals surface area contributed by atoms with E-state index in [-0.39, 0.29) is 0 Å². The van der Waals surface area contributed by atoms with Crippen molar-refractivity contribution in [3.63, 3.8) is 0 Å². The minimum Gasteiger partial charge on any atom is -0.408 e. The Morgan fingerprint density at radius 3 is 2.62 bits per heavy atom. The van der Waals surface area contributed by atoms with Gasteiger partial charge in [-0.2, -0.15) is 10.4 Å². The monoisotopic (exact) mass is 451 g/mol. The lowest BCUT2D eigenvalue weighted by Crippen LogP contribution is -2.43. The highest BCUT2D eigenvalue weighted by Gasteiger charge is 2.22. The number of nitriles is 1. The molecule has 1 aliphatic heterocycles. The van der Waals surface area contributed by atoms with Gasteiger partial charge >= 0.3 is 5.76 Å². The normalized spacial score (nSPS) is 14.1. The number of nitrogens with one attached hydrogen (secondary N) is 3. The highest BCUT2D eigenvalue weighted by atomic mass is 16.4. The molecule has 0 radical (unpaired) electrons. The summed E-state index contributed by atoms with van der Waals surface area (Å²) in [6.45, 7) is 5.79. The van der Waals surface area contributed by atoms with E-state index < -0.39 is 5.76 Å². The van der Waals surface area contributed by atoms with E-state index in [1.165, 1.54) is 0 Å². The number of fused-ring (bicyclic) bond motifs is 2. The Labute approximate surface area is 194 Å². The number of benzene rings is 2. The summed E-state index contributed by atoms with van der Waals surface area (Å²) in [5, 5.41) is 21.9. The average molecular weight is 451 g/mol. The molecule has 0 bridgehead atoms. The Bertz CT molecular complexity index is 1630. The van der Waals surface area contributed by atoms with Crippen LogP contribution in [0.15, 0.2) is 51.7 Å². The number of hydrogen-bond donors (Lipinski definition) is 3. The fraction of sp³-hybridized carbons (Fsp3) is 0.200. The van der Waals surface area contributed by atoms with Crippen molar-refractivity contribution in [1.82, 2.24) is 25.5 Å². The van der Waals surface area contributed by atoms with Crippen LogP contribution in [-0.2, 0) is 0 Å². The van der Waals surface area contributed by atoms with Crippen molar-refractivity contribution >= 4 is 27.8 Å². The molecule has 3 aromatic heterocycles. The molecular weight excluding hydrogens is 430 g/mol. The number of anilines is 1. The molecule has 1 fully saturated rings. The fourth-order valence-electron chi connectivity index (χ4n) is 4.66. The number of hydrogen-bond acceptors (Lipinski definition) is 7. The zero-order valence-electron chi connectivity index (χ0n) is 18.5. The van der Waals surface area contributed by atoms with E-state index in [2.05, 4.69) is 55.7 Å². The largest absolute Gasteiger partial charge is 0.417 e. The van der Waals surface area contributed by atoms with Gasteiger partial charge in [-0.1, -0.05) is 18.2 Å². The molecule has 1 saturated heterocycles. The third kappa shape index (κ3) is 3.24. The predicted octanol–water partition coefficient (Wildman–Crippen LogP) is 3.32. The average Bonchev–Trinajstić information content (AvgIpc) is 3.44. The van der Waals surface area contributed by atoms with Crippen molar-refractivity contribution in [2.24, 2.45) is 0 Å². The Morgan fingerprint density at radius 2 is 1.85 bits per heavy atom. The number of aromatic nitrogens is 4. The molecule has 168 valence electrons. The molecule has 6 rings (SSSR count). The van der Waals surface area contributed by atoms with Crippen LogP contribution in [0, 0.1) is 18.3 Å². The maximum atomic E-state index is 11.6. The summed E-state index contributed by atoms with van der Waals surface area (Å²) in [7, 11) is 0. The third-order valence-electron chi connectivity index (χ3n) is 6.33. The van der Waals surface area contributed by atoms with Crippen molar-refractivity contribution < 1.29 is 4.42 Å². The standard InChI is InChI=1S/C25H21N7O2/c1-14-21-22(15-2-5-17(6-3-15)32-10-8-27-9-11-32)18(13-26)23(29-24(21)31-30-14)16-4-7-19-20(12-16)34-25(33)28-19/h2-7,12,27H,8-11H2,1H3,(H,28,33)(H,29,30,31). The van der Waals surface area contributed by atoms with Crippen LogP contribution in [0.25, 0.3) is 44.5 Å². The van der Waals surface area contributed by atoms with Crippen molar-refractivity contribution in [2.75, 3.05) is 31.1 Å². The van der Waals surface area contributed by atoms with E-state index in [4.69, 9.17) is 9.40 Å². The third-order valence-corrected chi connectivity index (χ3v) is 6.33. The van der Waals surface area contributed by atoms with Crippen LogP contribution in [0.4, 0.5) is 5.69 Å². The molecule has 4 heterocycles. The summed E-state index contributed by atoms with van der Waals surface area (Å²) in [5.74, 6) is -0.524. The van der Waals surface area contributed by atoms with Crippen LogP contribution in [0.2, 0.25) is 0 Å². The van der Waals surface area contributed by atoms with E-state index in [1.54, 1.807) is 12.1 Å². The fourth-order valence-corrected chi connectivity index (χ4v) is 4.66. The zero-order chi connectivity index (χ0) is 23.2. The molecule has 9 nitrogen and oxygen atoms in total. The second-order valence-electron chi connectivity index (χ2n) is 8.38. The van der Waals surface area contributed by atoms with Crippen LogP contribution in [0.5, 0.6) is 0 Å². The topological polar surface area (TPSA) is 127 Å². The van der Waals surface area contributed by atoms with Gasteiger partial charge in [0.25, 0.3) is 0 Å². The second kappa shape index (κ2) is 7.86. The molecule has 34 heavy (non-hydrogen) atoms. The molecule has 0 spiro atoms. The predicted molar refractivity (Wildman–Crippen MR) is 130 cm³/mol. The van der Waals surface area contributed by atoms with Crippen LogP contribution >= 0.6 is 0 Å². The highest BCUT2D eigenvalue weighted by Crippen LogP contribution is 2.38. The van der Waals surface area contributed by atoms with Crippen molar-refractivity contribution in [1.29, 1.82) is 5.26 Å². The van der Waals surface area contributed by atoms with Gasteiger partial charge in [0.05, 0.1) is 22.2 Å². The van der Waals surface area contributed by atoms with Crippen LogP contribution in [-0.4, -0.2) is 46.3 Å². The maximum absolute atomic E-state index is 11.6. The molecule has 3 N–H and O–H groups in total. The van der Waals surface area contributed by atoms with E-state index in [0.717, 1.165) is 54.1 Å². The molecule has 0 atom stereocenters. The van der Waals surface area contributed by atoms with E-state index in [1.807, 2.05) is 13.0 Å². The van der Waals surface area contributed by atoms with Gasteiger partial charge in [0.2, 0.25) is 0 Å². The minimum absolute atomic E-state index is 0.411. The molecule has 0 amide bonds. The van der Waals surface area contributed by atoms with Crippen molar-refractivity contribution in [3.8, 4) is 28.5 Å². The van der Waals surface area contributed by atoms with Gasteiger partial charge in [-0.05, 0) is 36.8 Å². The first-order valence-electron chi connectivity index (χ1n) is 11.1. The number of H-pyrrole nitrogens is 2. The maximum Gasteiger partial charge on any atom is 0.417 e. The molecule has 0 aliphatic carbocycles. The second-order valence-corrected chi connectivity index (χ2v) is 8.38. The Balaban J connectivity index is 1.55. The lowest BCUT2D eigenvalue weighted by molar-refractivity contribution is 0.555. The number of piperazine rings is 1. The number of aromatic amines is 2. The number of pyridine rings is 1. The van der Waals surface area contributed by atoms with Crippen LogP contribution < -0.4 is 16.0 Å². The first-order chi connectivity index (χ1) is 16.6. The molecule has 1 aliphatic rings. The number of nitrogens with zero attached hydrogens (tertiary/aromatic N) is 4. The lowest BCUT2D eigenvalue weighted by Gasteiger charge is -2.29. The molecule has 5 aromatic rings. The van der Waals surface area contributed by atoms with Gasteiger partial charge in [-0.25, -0.2) is 9.78 Å². The van der Waals surface area contributed by atoms with Crippen LogP contribution in [0.1, 0.15) is 11.3 Å². The number of rotatable bonds is 3. The molecule has 2 aromatic carbocycles. The summed E-state index contributed by atoms with van der Waals surface area (Å²) in [5.41, 5.74) is 6.86. The smallest absolute Gasteiger partial charge is 0.408 e. The van der Waals surface area contributed by atoms with Gasteiger partial charge in [0.15, 0.2) is 11.2 Å². The van der Waals surface area contributed by atoms with Crippen molar-refractivity contribution in [3.05, 3.63) is 64.3 Å². The summed E-state index contributed by atoms with van der Waals surface area (Å²) in [6.07, 6.45) is 0. The molecule has 0 unspecified atom stereocenters. The molecular formula is C25H21N7O2. The van der Waals surface area contributed by atoms with E-state index in [9.17, 15) is 10.1 Å². The Hall–Kier alpha value is -4.42. The number of oxazole rings is 1. The minimum atomic E-state index is -0.524. The number of aryl methyl sites for hydroxylation is 1. The van der Waals surface area contributed by atoms with Gasteiger partial charge in [0.1, 0.15) is 6.07 Å². The summed E-state index contributed by atoms with van der Waals surface area (Å²) < 4.78 is 5.23. The summed E-state index contributed by atoms with van der Waals surface area (Å²) in [6, 6.07) is 16.0. The van der Waals surface area contributed by atoms with E-state index in [0.29, 0.717) is 33.6 Å². The van der Waals surface area contributed by atoms with Gasteiger partial charge in [-0.3, -0.25) is 10.1 Å². The molecule has 0 saturated carbocycles. The summed E-state index contributed by atoms with van der Waals surface area (Å²) >= 11 is 0. The zero-order valence-corrected chi connectivity index (χ0v) is 18.5. The van der Waals surface area contributed by atoms with Gasteiger partial charge in [0, 0.05) is 48.7 Å². The van der Waals surface area contributed by atoms with Gasteiger partial charge in [-0.15, -0.1) is 0 Å².